The smallest absolute Gasteiger partial charge is 0.243 e. The highest BCUT2D eigenvalue weighted by molar-refractivity contribution is 7.89. The fourth-order valence-corrected chi connectivity index (χ4v) is 3.33. The summed E-state index contributed by atoms with van der Waals surface area (Å²) in [6.45, 7) is 5.21. The van der Waals surface area contributed by atoms with Crippen LogP contribution in [0.15, 0.2) is 29.2 Å². The van der Waals surface area contributed by atoms with Gasteiger partial charge in [-0.2, -0.15) is 4.31 Å². The lowest BCUT2D eigenvalue weighted by Gasteiger charge is -2.22. The summed E-state index contributed by atoms with van der Waals surface area (Å²) in [5.41, 5.74) is 0.874. The molecule has 1 aromatic rings. The molecule has 0 bridgehead atoms. The molecule has 0 saturated heterocycles. The van der Waals surface area contributed by atoms with Gasteiger partial charge in [0.2, 0.25) is 10.0 Å². The quantitative estimate of drug-likeness (QED) is 0.802. The highest BCUT2D eigenvalue weighted by Gasteiger charge is 2.24. The maximum Gasteiger partial charge on any atom is 0.243 e. The van der Waals surface area contributed by atoms with Crippen molar-refractivity contribution < 1.29 is 8.42 Å². The van der Waals surface area contributed by atoms with E-state index in [2.05, 4.69) is 0 Å². The molecule has 0 unspecified atom stereocenters. The second kappa shape index (κ2) is 6.50. The molecule has 0 radical (unpaired) electrons. The number of hydrogen-bond acceptors (Lipinski definition) is 3. The Morgan fingerprint density at radius 1 is 1.05 bits per heavy atom. The van der Waals surface area contributed by atoms with E-state index in [4.69, 9.17) is 0 Å². The molecule has 1 rings (SSSR count). The average molecular weight is 284 g/mol. The van der Waals surface area contributed by atoms with Gasteiger partial charge in [-0.25, -0.2) is 8.42 Å². The molecule has 0 heterocycles. The zero-order valence-electron chi connectivity index (χ0n) is 12.4. The SMILES string of the molecule is CC(C)c1ccccc1S(=O)(=O)N(C)CCN(C)C. The lowest BCUT2D eigenvalue weighted by Crippen LogP contribution is -2.34. The minimum absolute atomic E-state index is 0.188. The Kier molecular flexibility index (Phi) is 5.52. The summed E-state index contributed by atoms with van der Waals surface area (Å²) in [5, 5.41) is 0. The summed E-state index contributed by atoms with van der Waals surface area (Å²) in [7, 11) is 2.10. The van der Waals surface area contributed by atoms with E-state index in [1.54, 1.807) is 19.2 Å². The molecule has 0 amide bonds. The topological polar surface area (TPSA) is 40.6 Å². The maximum absolute atomic E-state index is 12.6. The molecular weight excluding hydrogens is 260 g/mol. The number of hydrogen-bond donors (Lipinski definition) is 0. The van der Waals surface area contributed by atoms with Gasteiger partial charge in [0.05, 0.1) is 4.90 Å². The van der Waals surface area contributed by atoms with Crippen molar-refractivity contribution in [1.82, 2.24) is 9.21 Å². The molecule has 0 aromatic heterocycles. The molecule has 0 saturated carbocycles. The standard InChI is InChI=1S/C14H24N2O2S/c1-12(2)13-8-6-7-9-14(13)19(17,18)16(5)11-10-15(3)4/h6-9,12H,10-11H2,1-5H3. The maximum atomic E-state index is 12.6. The molecule has 0 aliphatic heterocycles. The summed E-state index contributed by atoms with van der Waals surface area (Å²) in [5.74, 6) is 0.188. The first kappa shape index (κ1) is 16.1. The fourth-order valence-electron chi connectivity index (χ4n) is 1.82. The molecular formula is C14H24N2O2S. The zero-order valence-corrected chi connectivity index (χ0v) is 13.2. The summed E-state index contributed by atoms with van der Waals surface area (Å²) < 4.78 is 26.6. The molecule has 4 nitrogen and oxygen atoms in total. The Morgan fingerprint density at radius 2 is 1.63 bits per heavy atom. The number of benzene rings is 1. The van der Waals surface area contributed by atoms with Gasteiger partial charge in [0, 0.05) is 20.1 Å². The van der Waals surface area contributed by atoms with Crippen molar-refractivity contribution in [2.45, 2.75) is 24.7 Å². The van der Waals surface area contributed by atoms with Crippen molar-refractivity contribution in [2.75, 3.05) is 34.2 Å². The molecule has 0 aliphatic rings. The summed E-state index contributed by atoms with van der Waals surface area (Å²) in [6.07, 6.45) is 0. The lowest BCUT2D eigenvalue weighted by molar-refractivity contribution is 0.358. The van der Waals surface area contributed by atoms with Crippen molar-refractivity contribution in [1.29, 1.82) is 0 Å². The van der Waals surface area contributed by atoms with Crippen molar-refractivity contribution in [3.8, 4) is 0 Å². The summed E-state index contributed by atoms with van der Waals surface area (Å²) >= 11 is 0. The second-order valence-electron chi connectivity index (χ2n) is 5.32. The minimum Gasteiger partial charge on any atom is -0.308 e. The van der Waals surface area contributed by atoms with Crippen LogP contribution in [0.3, 0.4) is 0 Å². The van der Waals surface area contributed by atoms with Crippen LogP contribution in [0.5, 0.6) is 0 Å². The predicted molar refractivity (Wildman–Crippen MR) is 78.9 cm³/mol. The van der Waals surface area contributed by atoms with E-state index in [0.717, 1.165) is 5.56 Å². The van der Waals surface area contributed by atoms with Crippen LogP contribution >= 0.6 is 0 Å². The first-order chi connectivity index (χ1) is 8.76. The molecule has 5 heteroatoms. The number of nitrogens with zero attached hydrogens (tertiary/aromatic N) is 2. The third-order valence-electron chi connectivity index (χ3n) is 3.09. The molecule has 108 valence electrons. The lowest BCUT2D eigenvalue weighted by atomic mass is 10.0. The van der Waals surface area contributed by atoms with Crippen molar-refractivity contribution in [3.63, 3.8) is 0 Å². The third-order valence-corrected chi connectivity index (χ3v) is 5.02. The zero-order chi connectivity index (χ0) is 14.6. The molecule has 0 fully saturated rings. The number of likely N-dealkylation sites (N-methyl/N-ethyl adjacent to an activating group) is 2. The first-order valence-corrected chi connectivity index (χ1v) is 7.90. The van der Waals surface area contributed by atoms with Crippen LogP contribution in [0.1, 0.15) is 25.3 Å². The van der Waals surface area contributed by atoms with Gasteiger partial charge in [0.1, 0.15) is 0 Å². The van der Waals surface area contributed by atoms with Crippen molar-refractivity contribution in [3.05, 3.63) is 29.8 Å². The van der Waals surface area contributed by atoms with E-state index in [1.165, 1.54) is 4.31 Å². The Balaban J connectivity index is 3.06. The van der Waals surface area contributed by atoms with Crippen LogP contribution in [-0.2, 0) is 10.0 Å². The molecule has 0 atom stereocenters. The van der Waals surface area contributed by atoms with Crippen molar-refractivity contribution >= 4 is 10.0 Å². The van der Waals surface area contributed by atoms with Gasteiger partial charge >= 0.3 is 0 Å². The molecule has 19 heavy (non-hydrogen) atoms. The Morgan fingerprint density at radius 3 is 2.16 bits per heavy atom. The average Bonchev–Trinajstić information content (AvgIpc) is 2.35. The highest BCUT2D eigenvalue weighted by Crippen LogP contribution is 2.25. The predicted octanol–water partition coefficient (Wildman–Crippen LogP) is 1.99. The Labute approximate surface area is 117 Å². The monoisotopic (exact) mass is 284 g/mol. The minimum atomic E-state index is -3.40. The van der Waals surface area contributed by atoms with Gasteiger partial charge in [0.25, 0.3) is 0 Å². The third kappa shape index (κ3) is 4.03. The van der Waals surface area contributed by atoms with Crippen LogP contribution < -0.4 is 0 Å². The van der Waals surface area contributed by atoms with Crippen LogP contribution in [0.25, 0.3) is 0 Å². The van der Waals surface area contributed by atoms with Gasteiger partial charge in [-0.05, 0) is 31.6 Å². The molecule has 0 N–H and O–H groups in total. The normalized spacial score (nSPS) is 12.6. The first-order valence-electron chi connectivity index (χ1n) is 6.46. The summed E-state index contributed by atoms with van der Waals surface area (Å²) in [6, 6.07) is 7.24. The van der Waals surface area contributed by atoms with Crippen molar-refractivity contribution in [2.24, 2.45) is 0 Å². The van der Waals surface area contributed by atoms with E-state index < -0.39 is 10.0 Å². The van der Waals surface area contributed by atoms with Crippen LogP contribution in [-0.4, -0.2) is 51.9 Å². The Bertz CT molecular complexity index is 510. The van der Waals surface area contributed by atoms with E-state index in [1.807, 2.05) is 45.0 Å². The van der Waals surface area contributed by atoms with E-state index >= 15 is 0 Å². The Hall–Kier alpha value is -0.910. The second-order valence-corrected chi connectivity index (χ2v) is 7.34. The number of sulfonamides is 1. The van der Waals surface area contributed by atoms with Gasteiger partial charge in [-0.15, -0.1) is 0 Å². The van der Waals surface area contributed by atoms with Gasteiger partial charge in [0.15, 0.2) is 0 Å². The van der Waals surface area contributed by atoms with E-state index in [0.29, 0.717) is 18.0 Å². The summed E-state index contributed by atoms with van der Waals surface area (Å²) in [4.78, 5) is 2.40. The molecule has 1 aromatic carbocycles. The van der Waals surface area contributed by atoms with Crippen LogP contribution in [0.4, 0.5) is 0 Å². The van der Waals surface area contributed by atoms with E-state index in [9.17, 15) is 8.42 Å². The van der Waals surface area contributed by atoms with Gasteiger partial charge < -0.3 is 4.90 Å². The highest BCUT2D eigenvalue weighted by atomic mass is 32.2. The number of rotatable bonds is 6. The van der Waals surface area contributed by atoms with E-state index in [-0.39, 0.29) is 5.92 Å². The molecule has 0 spiro atoms. The fraction of sp³-hybridized carbons (Fsp3) is 0.571. The molecule has 0 aliphatic carbocycles. The van der Waals surface area contributed by atoms with Crippen LogP contribution in [0, 0.1) is 0 Å². The van der Waals surface area contributed by atoms with Gasteiger partial charge in [-0.1, -0.05) is 32.0 Å². The van der Waals surface area contributed by atoms with Gasteiger partial charge in [-0.3, -0.25) is 0 Å². The largest absolute Gasteiger partial charge is 0.308 e. The van der Waals surface area contributed by atoms with Crippen LogP contribution in [0.2, 0.25) is 0 Å².